The molecule has 3 heteroatoms. The molecule has 3 unspecified atom stereocenters. The summed E-state index contributed by atoms with van der Waals surface area (Å²) in [5.41, 5.74) is 3.87. The van der Waals surface area contributed by atoms with E-state index in [1.807, 2.05) is 0 Å². The van der Waals surface area contributed by atoms with Gasteiger partial charge in [-0.1, -0.05) is 13.0 Å². The summed E-state index contributed by atoms with van der Waals surface area (Å²) in [5, 5.41) is 3.65. The van der Waals surface area contributed by atoms with Crippen molar-refractivity contribution >= 4 is 0 Å². The van der Waals surface area contributed by atoms with E-state index in [1.54, 1.807) is 7.11 Å². The Bertz CT molecular complexity index is 459. The Morgan fingerprint density at radius 2 is 2.10 bits per heavy atom. The van der Waals surface area contributed by atoms with Crippen LogP contribution in [0.3, 0.4) is 0 Å². The Hall–Kier alpha value is -1.06. The first-order valence-electron chi connectivity index (χ1n) is 7.56. The van der Waals surface area contributed by atoms with Crippen LogP contribution in [0.15, 0.2) is 12.1 Å². The Morgan fingerprint density at radius 3 is 2.65 bits per heavy atom. The topological polar surface area (TPSA) is 30.5 Å². The van der Waals surface area contributed by atoms with Crippen molar-refractivity contribution in [3.05, 3.63) is 28.8 Å². The van der Waals surface area contributed by atoms with Crippen molar-refractivity contribution in [2.24, 2.45) is 5.92 Å². The van der Waals surface area contributed by atoms with Crippen LogP contribution in [0.1, 0.15) is 43.0 Å². The van der Waals surface area contributed by atoms with Crippen LogP contribution in [0.2, 0.25) is 0 Å². The van der Waals surface area contributed by atoms with E-state index in [4.69, 9.17) is 9.47 Å². The van der Waals surface area contributed by atoms with Crippen LogP contribution in [0.5, 0.6) is 5.75 Å². The second-order valence-corrected chi connectivity index (χ2v) is 5.85. The van der Waals surface area contributed by atoms with Crippen molar-refractivity contribution in [3.63, 3.8) is 0 Å². The highest BCUT2D eigenvalue weighted by Gasteiger charge is 2.31. The van der Waals surface area contributed by atoms with Gasteiger partial charge in [0.25, 0.3) is 0 Å². The molecule has 1 fully saturated rings. The number of hydrogen-bond donors (Lipinski definition) is 1. The van der Waals surface area contributed by atoms with E-state index >= 15 is 0 Å². The lowest BCUT2D eigenvalue weighted by Gasteiger charge is -2.26. The van der Waals surface area contributed by atoms with Gasteiger partial charge >= 0.3 is 0 Å². The van der Waals surface area contributed by atoms with Gasteiger partial charge in [-0.25, -0.2) is 0 Å². The summed E-state index contributed by atoms with van der Waals surface area (Å²) in [5.74, 6) is 1.52. The van der Waals surface area contributed by atoms with Crippen molar-refractivity contribution in [3.8, 4) is 5.75 Å². The van der Waals surface area contributed by atoms with Crippen LogP contribution in [0.4, 0.5) is 0 Å². The minimum Gasteiger partial charge on any atom is -0.496 e. The lowest BCUT2D eigenvalue weighted by molar-refractivity contribution is 0.117. The van der Waals surface area contributed by atoms with E-state index in [-0.39, 0.29) is 0 Å². The first-order chi connectivity index (χ1) is 9.56. The molecule has 1 aliphatic heterocycles. The minimum atomic E-state index is 0.370. The molecule has 0 amide bonds. The molecule has 1 heterocycles. The van der Waals surface area contributed by atoms with Gasteiger partial charge in [-0.3, -0.25) is 0 Å². The van der Waals surface area contributed by atoms with Crippen LogP contribution in [-0.4, -0.2) is 26.4 Å². The molecule has 1 aliphatic rings. The van der Waals surface area contributed by atoms with Gasteiger partial charge in [0, 0.05) is 12.0 Å². The highest BCUT2D eigenvalue weighted by Crippen LogP contribution is 2.35. The highest BCUT2D eigenvalue weighted by molar-refractivity contribution is 5.43. The summed E-state index contributed by atoms with van der Waals surface area (Å²) in [6, 6.07) is 4.79. The molecule has 0 aliphatic carbocycles. The van der Waals surface area contributed by atoms with E-state index in [2.05, 4.69) is 45.1 Å². The standard InChI is InChI=1S/C17H27NO2/c1-6-18-17(14-9-13(4)20-10-14)15-7-12(3)16(19-5)8-11(15)2/h7-8,13-14,17-18H,6,9-10H2,1-5H3. The molecule has 3 nitrogen and oxygen atoms in total. The Labute approximate surface area is 122 Å². The van der Waals surface area contributed by atoms with Gasteiger partial charge in [-0.2, -0.15) is 0 Å². The largest absolute Gasteiger partial charge is 0.496 e. The van der Waals surface area contributed by atoms with Crippen molar-refractivity contribution in [2.45, 2.75) is 46.3 Å². The highest BCUT2D eigenvalue weighted by atomic mass is 16.5. The third-order valence-electron chi connectivity index (χ3n) is 4.24. The molecule has 0 saturated carbocycles. The number of rotatable bonds is 5. The maximum Gasteiger partial charge on any atom is 0.122 e. The predicted molar refractivity (Wildman–Crippen MR) is 82.4 cm³/mol. The molecular weight excluding hydrogens is 250 g/mol. The number of nitrogens with one attached hydrogen (secondary N) is 1. The fourth-order valence-electron chi connectivity index (χ4n) is 3.20. The summed E-state index contributed by atoms with van der Waals surface area (Å²) < 4.78 is 11.2. The van der Waals surface area contributed by atoms with E-state index in [1.165, 1.54) is 16.7 Å². The van der Waals surface area contributed by atoms with Crippen molar-refractivity contribution in [2.75, 3.05) is 20.3 Å². The van der Waals surface area contributed by atoms with Gasteiger partial charge < -0.3 is 14.8 Å². The zero-order valence-electron chi connectivity index (χ0n) is 13.3. The van der Waals surface area contributed by atoms with Crippen LogP contribution < -0.4 is 10.1 Å². The van der Waals surface area contributed by atoms with Crippen molar-refractivity contribution in [1.82, 2.24) is 5.32 Å². The molecule has 1 N–H and O–H groups in total. The van der Waals surface area contributed by atoms with Crippen molar-refractivity contribution in [1.29, 1.82) is 0 Å². The predicted octanol–water partition coefficient (Wildman–Crippen LogP) is 3.39. The SMILES string of the molecule is CCNC(c1cc(C)c(OC)cc1C)C1COC(C)C1. The van der Waals surface area contributed by atoms with Gasteiger partial charge in [0.1, 0.15) is 5.75 Å². The van der Waals surface area contributed by atoms with E-state index in [0.717, 1.165) is 25.3 Å². The Balaban J connectivity index is 2.31. The fraction of sp³-hybridized carbons (Fsp3) is 0.647. The van der Waals surface area contributed by atoms with Crippen LogP contribution >= 0.6 is 0 Å². The average Bonchev–Trinajstić information content (AvgIpc) is 2.85. The van der Waals surface area contributed by atoms with Crippen LogP contribution in [-0.2, 0) is 4.74 Å². The third-order valence-corrected chi connectivity index (χ3v) is 4.24. The summed E-state index contributed by atoms with van der Waals surface area (Å²) >= 11 is 0. The number of ether oxygens (including phenoxy) is 2. The second kappa shape index (κ2) is 6.59. The quantitative estimate of drug-likeness (QED) is 0.895. The molecule has 112 valence electrons. The molecular formula is C17H27NO2. The summed E-state index contributed by atoms with van der Waals surface area (Å²) in [7, 11) is 1.73. The molecule has 1 saturated heterocycles. The van der Waals surface area contributed by atoms with Gasteiger partial charge in [0.15, 0.2) is 0 Å². The van der Waals surface area contributed by atoms with Gasteiger partial charge in [0.05, 0.1) is 19.8 Å². The molecule has 0 radical (unpaired) electrons. The maximum absolute atomic E-state index is 5.76. The smallest absolute Gasteiger partial charge is 0.122 e. The second-order valence-electron chi connectivity index (χ2n) is 5.85. The normalized spacial score (nSPS) is 23.9. The molecule has 3 atom stereocenters. The summed E-state index contributed by atoms with van der Waals surface area (Å²) in [6.07, 6.45) is 1.50. The first-order valence-corrected chi connectivity index (χ1v) is 7.56. The lowest BCUT2D eigenvalue weighted by atomic mass is 9.87. The molecule has 1 aromatic carbocycles. The Kier molecular flexibility index (Phi) is 5.06. The maximum atomic E-state index is 5.76. The third kappa shape index (κ3) is 3.15. The molecule has 0 aromatic heterocycles. The van der Waals surface area contributed by atoms with Gasteiger partial charge in [-0.05, 0) is 56.5 Å². The number of aryl methyl sites for hydroxylation is 2. The first kappa shape index (κ1) is 15.3. The fourth-order valence-corrected chi connectivity index (χ4v) is 3.20. The van der Waals surface area contributed by atoms with Crippen molar-refractivity contribution < 1.29 is 9.47 Å². The van der Waals surface area contributed by atoms with Crippen LogP contribution in [0, 0.1) is 19.8 Å². The monoisotopic (exact) mass is 277 g/mol. The molecule has 0 spiro atoms. The summed E-state index contributed by atoms with van der Waals surface area (Å²) in [6.45, 7) is 10.4. The molecule has 1 aromatic rings. The zero-order chi connectivity index (χ0) is 14.7. The van der Waals surface area contributed by atoms with Crippen LogP contribution in [0.25, 0.3) is 0 Å². The van der Waals surface area contributed by atoms with Gasteiger partial charge in [-0.15, -0.1) is 0 Å². The number of hydrogen-bond acceptors (Lipinski definition) is 3. The van der Waals surface area contributed by atoms with E-state index < -0.39 is 0 Å². The van der Waals surface area contributed by atoms with E-state index in [0.29, 0.717) is 18.1 Å². The Morgan fingerprint density at radius 1 is 1.35 bits per heavy atom. The van der Waals surface area contributed by atoms with Gasteiger partial charge in [0.2, 0.25) is 0 Å². The molecule has 0 bridgehead atoms. The van der Waals surface area contributed by atoms with E-state index in [9.17, 15) is 0 Å². The lowest BCUT2D eigenvalue weighted by Crippen LogP contribution is -2.29. The number of methoxy groups -OCH3 is 1. The molecule has 20 heavy (non-hydrogen) atoms. The number of benzene rings is 1. The zero-order valence-corrected chi connectivity index (χ0v) is 13.3. The average molecular weight is 277 g/mol. The minimum absolute atomic E-state index is 0.370. The molecule has 2 rings (SSSR count). The summed E-state index contributed by atoms with van der Waals surface area (Å²) in [4.78, 5) is 0.